The first-order chi connectivity index (χ1) is 9.74. The molecule has 1 aliphatic rings. The lowest BCUT2D eigenvalue weighted by Gasteiger charge is -2.05. The molecule has 1 saturated carbocycles. The molecule has 1 aromatic heterocycles. The number of thiazole rings is 1. The number of aromatic nitrogens is 1. The minimum Gasteiger partial charge on any atom is -0.326 e. The Bertz CT molecular complexity index is 622. The van der Waals surface area contributed by atoms with Gasteiger partial charge in [-0.2, -0.15) is 0 Å². The zero-order valence-electron chi connectivity index (χ0n) is 11.3. The maximum Gasteiger partial charge on any atom is 0.225 e. The fourth-order valence-corrected chi connectivity index (χ4v) is 3.50. The van der Waals surface area contributed by atoms with Crippen LogP contribution in [0.5, 0.6) is 0 Å². The molecule has 0 bridgehead atoms. The number of carbonyl (C=O) groups is 1. The van der Waals surface area contributed by atoms with Gasteiger partial charge in [0.1, 0.15) is 0 Å². The van der Waals surface area contributed by atoms with Crippen molar-refractivity contribution < 1.29 is 4.79 Å². The second-order valence-corrected chi connectivity index (χ2v) is 6.98. The molecule has 106 valence electrons. The van der Waals surface area contributed by atoms with Crippen LogP contribution in [0.4, 0.5) is 5.69 Å². The summed E-state index contributed by atoms with van der Waals surface area (Å²) in [5.74, 6) is 0.0621. The third kappa shape index (κ3) is 3.50. The molecule has 3 rings (SSSR count). The van der Waals surface area contributed by atoms with Gasteiger partial charge in [-0.3, -0.25) is 4.79 Å². The highest BCUT2D eigenvalue weighted by molar-refractivity contribution is 8.00. The molecular weight excluding hydrogens is 290 g/mol. The van der Waals surface area contributed by atoms with E-state index in [9.17, 15) is 4.79 Å². The van der Waals surface area contributed by atoms with Gasteiger partial charge in [-0.15, -0.1) is 11.3 Å². The highest BCUT2D eigenvalue weighted by Crippen LogP contribution is 2.29. The molecule has 0 aliphatic heterocycles. The van der Waals surface area contributed by atoms with E-state index in [2.05, 4.69) is 15.6 Å². The van der Waals surface area contributed by atoms with Crippen molar-refractivity contribution in [2.75, 3.05) is 18.1 Å². The van der Waals surface area contributed by atoms with Gasteiger partial charge in [-0.05, 0) is 37.3 Å². The molecule has 0 unspecified atom stereocenters. The van der Waals surface area contributed by atoms with Gasteiger partial charge in [0.05, 0.1) is 10.2 Å². The number of hydrogen-bond acceptors (Lipinski definition) is 5. The number of thioether (sulfide) groups is 1. The topological polar surface area (TPSA) is 54.0 Å². The van der Waals surface area contributed by atoms with Crippen molar-refractivity contribution in [2.45, 2.75) is 29.6 Å². The molecular formula is C14H17N3OS2. The fraction of sp³-hybridized carbons (Fsp3) is 0.429. The number of nitrogens with one attached hydrogen (secondary N) is 2. The van der Waals surface area contributed by atoms with E-state index in [1.54, 1.807) is 23.1 Å². The summed E-state index contributed by atoms with van der Waals surface area (Å²) in [4.78, 5) is 16.3. The van der Waals surface area contributed by atoms with Crippen molar-refractivity contribution in [1.29, 1.82) is 0 Å². The zero-order valence-corrected chi connectivity index (χ0v) is 12.9. The van der Waals surface area contributed by atoms with Gasteiger partial charge in [0.15, 0.2) is 4.34 Å². The summed E-state index contributed by atoms with van der Waals surface area (Å²) in [6.45, 7) is 0.760. The zero-order chi connectivity index (χ0) is 13.9. The van der Waals surface area contributed by atoms with Gasteiger partial charge < -0.3 is 10.6 Å². The lowest BCUT2D eigenvalue weighted by atomic mass is 10.3. The van der Waals surface area contributed by atoms with Crippen LogP contribution >= 0.6 is 23.1 Å². The van der Waals surface area contributed by atoms with Gasteiger partial charge >= 0.3 is 0 Å². The molecule has 1 fully saturated rings. The van der Waals surface area contributed by atoms with E-state index in [1.807, 2.05) is 24.5 Å². The number of rotatable bonds is 6. The number of fused-ring (bicyclic) bond motifs is 1. The van der Waals surface area contributed by atoms with Crippen LogP contribution in [-0.2, 0) is 4.79 Å². The van der Waals surface area contributed by atoms with Gasteiger partial charge in [-0.25, -0.2) is 4.98 Å². The van der Waals surface area contributed by atoms with Crippen LogP contribution in [-0.4, -0.2) is 29.7 Å². The lowest BCUT2D eigenvalue weighted by molar-refractivity contribution is -0.116. The Morgan fingerprint density at radius 2 is 2.35 bits per heavy atom. The molecule has 1 amide bonds. The number of benzene rings is 1. The first-order valence-electron chi connectivity index (χ1n) is 6.72. The van der Waals surface area contributed by atoms with Crippen molar-refractivity contribution in [2.24, 2.45) is 0 Å². The van der Waals surface area contributed by atoms with Crippen molar-refractivity contribution in [3.8, 4) is 0 Å². The van der Waals surface area contributed by atoms with E-state index in [-0.39, 0.29) is 5.91 Å². The number of nitrogens with zero attached hydrogens (tertiary/aromatic N) is 1. The third-order valence-corrected chi connectivity index (χ3v) is 5.19. The number of hydrogen-bond donors (Lipinski definition) is 2. The second kappa shape index (κ2) is 6.11. The minimum absolute atomic E-state index is 0.0621. The molecule has 20 heavy (non-hydrogen) atoms. The first kappa shape index (κ1) is 13.9. The first-order valence-corrected chi connectivity index (χ1v) is 8.76. The van der Waals surface area contributed by atoms with Crippen LogP contribution in [0.15, 0.2) is 22.5 Å². The Labute approximate surface area is 126 Å². The Morgan fingerprint density at radius 3 is 3.10 bits per heavy atom. The standard InChI is InChI=1S/C14H17N3OS2/c1-19-14-17-11-5-4-10(8-12(11)20-14)16-13(18)6-7-15-9-2-3-9/h4-5,8-9,15H,2-3,6-7H2,1H3,(H,16,18). The minimum atomic E-state index is 0.0621. The summed E-state index contributed by atoms with van der Waals surface area (Å²) in [5, 5.41) is 6.29. The summed E-state index contributed by atoms with van der Waals surface area (Å²) in [6, 6.07) is 6.53. The van der Waals surface area contributed by atoms with Crippen LogP contribution in [0.2, 0.25) is 0 Å². The third-order valence-electron chi connectivity index (χ3n) is 3.19. The molecule has 2 N–H and O–H groups in total. The van der Waals surface area contributed by atoms with E-state index >= 15 is 0 Å². The maximum absolute atomic E-state index is 11.8. The Morgan fingerprint density at radius 1 is 1.50 bits per heavy atom. The lowest BCUT2D eigenvalue weighted by Crippen LogP contribution is -2.23. The molecule has 4 nitrogen and oxygen atoms in total. The number of anilines is 1. The van der Waals surface area contributed by atoms with E-state index in [1.165, 1.54) is 12.8 Å². The summed E-state index contributed by atoms with van der Waals surface area (Å²) < 4.78 is 2.17. The average Bonchev–Trinajstić information content (AvgIpc) is 3.16. The molecule has 1 heterocycles. The van der Waals surface area contributed by atoms with Gasteiger partial charge in [0.2, 0.25) is 5.91 Å². The summed E-state index contributed by atoms with van der Waals surface area (Å²) >= 11 is 3.30. The fourth-order valence-electron chi connectivity index (χ4n) is 1.97. The molecule has 1 aliphatic carbocycles. The van der Waals surface area contributed by atoms with E-state index in [0.29, 0.717) is 12.5 Å². The molecule has 0 radical (unpaired) electrons. The van der Waals surface area contributed by atoms with Crippen LogP contribution in [0.3, 0.4) is 0 Å². The molecule has 0 saturated heterocycles. The van der Waals surface area contributed by atoms with Crippen molar-refractivity contribution in [3.63, 3.8) is 0 Å². The van der Waals surface area contributed by atoms with Gasteiger partial charge in [0.25, 0.3) is 0 Å². The number of amides is 1. The van der Waals surface area contributed by atoms with Crippen molar-refractivity contribution in [1.82, 2.24) is 10.3 Å². The molecule has 0 spiro atoms. The quantitative estimate of drug-likeness (QED) is 0.805. The average molecular weight is 307 g/mol. The SMILES string of the molecule is CSc1nc2ccc(NC(=O)CCNC3CC3)cc2s1. The second-order valence-electron chi connectivity index (χ2n) is 4.89. The smallest absolute Gasteiger partial charge is 0.225 e. The van der Waals surface area contributed by atoms with Gasteiger partial charge in [0, 0.05) is 24.7 Å². The van der Waals surface area contributed by atoms with E-state index < -0.39 is 0 Å². The highest BCUT2D eigenvalue weighted by Gasteiger charge is 2.20. The molecule has 0 atom stereocenters. The highest BCUT2D eigenvalue weighted by atomic mass is 32.2. The predicted octanol–water partition coefficient (Wildman–Crippen LogP) is 3.10. The van der Waals surface area contributed by atoms with Crippen molar-refractivity contribution >= 4 is 44.9 Å². The van der Waals surface area contributed by atoms with Crippen molar-refractivity contribution in [3.05, 3.63) is 18.2 Å². The van der Waals surface area contributed by atoms with Crippen LogP contribution in [0, 0.1) is 0 Å². The normalized spacial score (nSPS) is 14.7. The van der Waals surface area contributed by atoms with Crippen LogP contribution in [0.25, 0.3) is 10.2 Å². The maximum atomic E-state index is 11.8. The van der Waals surface area contributed by atoms with E-state index in [0.717, 1.165) is 26.8 Å². The van der Waals surface area contributed by atoms with Crippen LogP contribution in [0.1, 0.15) is 19.3 Å². The molecule has 6 heteroatoms. The Hall–Kier alpha value is -1.11. The summed E-state index contributed by atoms with van der Waals surface area (Å²) in [7, 11) is 0. The predicted molar refractivity (Wildman–Crippen MR) is 85.7 cm³/mol. The van der Waals surface area contributed by atoms with Crippen LogP contribution < -0.4 is 10.6 Å². The Balaban J connectivity index is 1.59. The van der Waals surface area contributed by atoms with E-state index in [4.69, 9.17) is 0 Å². The largest absolute Gasteiger partial charge is 0.326 e. The molecule has 1 aromatic carbocycles. The summed E-state index contributed by atoms with van der Waals surface area (Å²) in [5.41, 5.74) is 1.85. The Kier molecular flexibility index (Phi) is 4.24. The molecule has 2 aromatic rings. The van der Waals surface area contributed by atoms with Gasteiger partial charge in [-0.1, -0.05) is 11.8 Å². The number of carbonyl (C=O) groups excluding carboxylic acids is 1. The summed E-state index contributed by atoms with van der Waals surface area (Å²) in [6.07, 6.45) is 5.05. The monoisotopic (exact) mass is 307 g/mol.